The van der Waals surface area contributed by atoms with Crippen LogP contribution >= 0.6 is 0 Å². The van der Waals surface area contributed by atoms with E-state index in [1.165, 1.54) is 11.1 Å². The van der Waals surface area contributed by atoms with Gasteiger partial charge in [0.1, 0.15) is 6.23 Å². The molecule has 4 rings (SSSR count). The highest BCUT2D eigenvalue weighted by atomic mass is 16.5. The maximum atomic E-state index is 6.07. The molecule has 138 valence electrons. The van der Waals surface area contributed by atoms with E-state index in [-0.39, 0.29) is 12.3 Å². The monoisotopic (exact) mass is 352 g/mol. The maximum Gasteiger partial charge on any atom is 0.127 e. The predicted octanol–water partition coefficient (Wildman–Crippen LogP) is 4.37. The summed E-state index contributed by atoms with van der Waals surface area (Å²) in [5.74, 6) is 0. The summed E-state index contributed by atoms with van der Waals surface area (Å²) in [7, 11) is 0. The molecule has 0 spiro atoms. The molecule has 0 radical (unpaired) electrons. The zero-order valence-electron chi connectivity index (χ0n) is 15.4. The van der Waals surface area contributed by atoms with Crippen molar-refractivity contribution in [2.24, 2.45) is 0 Å². The zero-order chi connectivity index (χ0) is 17.8. The Balaban J connectivity index is 1.39. The lowest BCUT2D eigenvalue weighted by Gasteiger charge is -2.37. The predicted molar refractivity (Wildman–Crippen MR) is 104 cm³/mol. The van der Waals surface area contributed by atoms with Gasteiger partial charge in [0, 0.05) is 31.4 Å². The Morgan fingerprint density at radius 1 is 1.00 bits per heavy atom. The van der Waals surface area contributed by atoms with Crippen molar-refractivity contribution >= 4 is 5.69 Å². The summed E-state index contributed by atoms with van der Waals surface area (Å²) in [5, 5.41) is 3.45. The highest BCUT2D eigenvalue weighted by Gasteiger charge is 2.26. The molecule has 2 aromatic rings. The van der Waals surface area contributed by atoms with Crippen LogP contribution in [0.2, 0.25) is 0 Å². The molecule has 0 aromatic heterocycles. The fraction of sp³-hybridized carbons (Fsp3) is 0.455. The van der Waals surface area contributed by atoms with Crippen LogP contribution in [0.15, 0.2) is 54.6 Å². The largest absolute Gasteiger partial charge is 0.371 e. The lowest BCUT2D eigenvalue weighted by atomic mass is 10.0. The van der Waals surface area contributed by atoms with E-state index < -0.39 is 0 Å². The first-order valence-corrected chi connectivity index (χ1v) is 9.68. The summed E-state index contributed by atoms with van der Waals surface area (Å²) in [4.78, 5) is 2.52. The third-order valence-corrected chi connectivity index (χ3v) is 5.47. The van der Waals surface area contributed by atoms with E-state index in [2.05, 4.69) is 71.7 Å². The SMILES string of the molecule is C[C@H](c1ccccc1)N1CCO[C@@H](c2ccc(NC3CCCO3)cc2)C1. The second-order valence-electron chi connectivity index (χ2n) is 7.21. The maximum absolute atomic E-state index is 6.07. The summed E-state index contributed by atoms with van der Waals surface area (Å²) >= 11 is 0. The molecule has 0 bridgehead atoms. The quantitative estimate of drug-likeness (QED) is 0.866. The van der Waals surface area contributed by atoms with Crippen molar-refractivity contribution in [1.29, 1.82) is 0 Å². The first kappa shape index (κ1) is 17.5. The molecule has 2 saturated heterocycles. The molecule has 0 aliphatic carbocycles. The van der Waals surface area contributed by atoms with E-state index in [1.54, 1.807) is 0 Å². The molecule has 2 aliphatic rings. The molecular formula is C22H28N2O2. The van der Waals surface area contributed by atoms with E-state index in [0.717, 1.165) is 44.8 Å². The average Bonchev–Trinajstić information content (AvgIpc) is 3.22. The number of nitrogens with one attached hydrogen (secondary N) is 1. The van der Waals surface area contributed by atoms with Crippen molar-refractivity contribution in [2.75, 3.05) is 31.6 Å². The van der Waals surface area contributed by atoms with Crippen molar-refractivity contribution in [3.63, 3.8) is 0 Å². The summed E-state index contributed by atoms with van der Waals surface area (Å²) in [6.45, 7) is 5.82. The Labute approximate surface area is 156 Å². The summed E-state index contributed by atoms with van der Waals surface area (Å²) in [5.41, 5.74) is 3.73. The smallest absolute Gasteiger partial charge is 0.127 e. The Hall–Kier alpha value is -1.88. The van der Waals surface area contributed by atoms with E-state index in [0.29, 0.717) is 6.04 Å². The van der Waals surface area contributed by atoms with Crippen molar-refractivity contribution in [3.05, 3.63) is 65.7 Å². The lowest BCUT2D eigenvalue weighted by molar-refractivity contribution is -0.0431. The van der Waals surface area contributed by atoms with Gasteiger partial charge in [-0.05, 0) is 43.0 Å². The van der Waals surface area contributed by atoms with Gasteiger partial charge in [-0.1, -0.05) is 42.5 Å². The number of ether oxygens (including phenoxy) is 2. The van der Waals surface area contributed by atoms with Crippen LogP contribution in [-0.4, -0.2) is 37.4 Å². The standard InChI is InChI=1S/C22H28N2O2/c1-17(18-6-3-2-4-7-18)24-13-15-25-21(16-24)19-9-11-20(12-10-19)23-22-8-5-14-26-22/h2-4,6-7,9-12,17,21-23H,5,8,13-16H2,1H3/t17-,21-,22?/m1/s1. The van der Waals surface area contributed by atoms with Gasteiger partial charge in [0.05, 0.1) is 12.7 Å². The van der Waals surface area contributed by atoms with Crippen LogP contribution in [0.1, 0.15) is 43.0 Å². The second-order valence-corrected chi connectivity index (χ2v) is 7.21. The van der Waals surface area contributed by atoms with Gasteiger partial charge in [0.2, 0.25) is 0 Å². The Morgan fingerprint density at radius 2 is 1.81 bits per heavy atom. The molecule has 2 aliphatic heterocycles. The topological polar surface area (TPSA) is 33.7 Å². The van der Waals surface area contributed by atoms with E-state index in [4.69, 9.17) is 9.47 Å². The van der Waals surface area contributed by atoms with Crippen LogP contribution in [0.4, 0.5) is 5.69 Å². The first-order valence-electron chi connectivity index (χ1n) is 9.68. The Bertz CT molecular complexity index is 683. The van der Waals surface area contributed by atoms with Crippen LogP contribution in [0, 0.1) is 0 Å². The molecule has 26 heavy (non-hydrogen) atoms. The highest BCUT2D eigenvalue weighted by molar-refractivity contribution is 5.45. The molecule has 0 saturated carbocycles. The normalized spacial score (nSPS) is 25.1. The lowest BCUT2D eigenvalue weighted by Crippen LogP contribution is -2.39. The molecule has 2 fully saturated rings. The molecule has 1 N–H and O–H groups in total. The third kappa shape index (κ3) is 4.09. The Morgan fingerprint density at radius 3 is 2.54 bits per heavy atom. The Kier molecular flexibility index (Phi) is 5.54. The fourth-order valence-electron chi connectivity index (χ4n) is 3.84. The van der Waals surface area contributed by atoms with E-state index in [9.17, 15) is 0 Å². The van der Waals surface area contributed by atoms with Gasteiger partial charge < -0.3 is 14.8 Å². The van der Waals surface area contributed by atoms with Gasteiger partial charge in [-0.3, -0.25) is 4.90 Å². The van der Waals surface area contributed by atoms with Gasteiger partial charge >= 0.3 is 0 Å². The molecule has 2 aromatic carbocycles. The number of hydrogen-bond acceptors (Lipinski definition) is 4. The van der Waals surface area contributed by atoms with Gasteiger partial charge in [0.25, 0.3) is 0 Å². The summed E-state index contributed by atoms with van der Waals surface area (Å²) < 4.78 is 11.7. The van der Waals surface area contributed by atoms with Gasteiger partial charge in [-0.15, -0.1) is 0 Å². The van der Waals surface area contributed by atoms with Crippen LogP contribution in [0.25, 0.3) is 0 Å². The third-order valence-electron chi connectivity index (χ3n) is 5.47. The molecule has 4 heteroatoms. The first-order chi connectivity index (χ1) is 12.8. The molecular weight excluding hydrogens is 324 g/mol. The number of benzene rings is 2. The highest BCUT2D eigenvalue weighted by Crippen LogP contribution is 2.29. The molecule has 0 amide bonds. The van der Waals surface area contributed by atoms with Crippen LogP contribution in [-0.2, 0) is 9.47 Å². The van der Waals surface area contributed by atoms with Crippen molar-refractivity contribution in [1.82, 2.24) is 4.90 Å². The minimum absolute atomic E-state index is 0.131. The van der Waals surface area contributed by atoms with Crippen LogP contribution < -0.4 is 5.32 Å². The minimum Gasteiger partial charge on any atom is -0.371 e. The number of rotatable bonds is 5. The van der Waals surface area contributed by atoms with Crippen molar-refractivity contribution < 1.29 is 9.47 Å². The molecule has 2 heterocycles. The number of hydrogen-bond donors (Lipinski definition) is 1. The average molecular weight is 352 g/mol. The summed E-state index contributed by atoms with van der Waals surface area (Å²) in [6.07, 6.45) is 2.52. The second kappa shape index (κ2) is 8.21. The van der Waals surface area contributed by atoms with E-state index >= 15 is 0 Å². The zero-order valence-corrected chi connectivity index (χ0v) is 15.4. The van der Waals surface area contributed by atoms with Crippen molar-refractivity contribution in [2.45, 2.75) is 38.1 Å². The number of nitrogens with zero attached hydrogens (tertiary/aromatic N) is 1. The van der Waals surface area contributed by atoms with E-state index in [1.807, 2.05) is 0 Å². The van der Waals surface area contributed by atoms with Gasteiger partial charge in [-0.2, -0.15) is 0 Å². The number of anilines is 1. The van der Waals surface area contributed by atoms with Gasteiger partial charge in [0.15, 0.2) is 0 Å². The minimum atomic E-state index is 0.131. The van der Waals surface area contributed by atoms with Crippen LogP contribution in [0.5, 0.6) is 0 Å². The van der Waals surface area contributed by atoms with Crippen LogP contribution in [0.3, 0.4) is 0 Å². The fourth-order valence-corrected chi connectivity index (χ4v) is 3.84. The molecule has 1 unspecified atom stereocenters. The van der Waals surface area contributed by atoms with Crippen molar-refractivity contribution in [3.8, 4) is 0 Å². The number of morpholine rings is 1. The summed E-state index contributed by atoms with van der Waals surface area (Å²) in [6, 6.07) is 19.8. The molecule has 4 nitrogen and oxygen atoms in total. The van der Waals surface area contributed by atoms with Gasteiger partial charge in [-0.25, -0.2) is 0 Å². The molecule has 3 atom stereocenters.